The summed E-state index contributed by atoms with van der Waals surface area (Å²) in [5.41, 5.74) is 6.79. The number of nitrogens with zero attached hydrogens (tertiary/aromatic N) is 2. The maximum Gasteiger partial charge on any atom is 0.271 e. The SMILES string of the molecule is C/C(=N/NC(=O)c1ccc(N(C)S(=O)(=O)c2ccc(C)cc2)cc1)c1ccc(NC(=O)c2ccccc2)cc1. The fourth-order valence-corrected chi connectivity index (χ4v) is 4.88. The molecule has 2 N–H and O–H groups in total. The Bertz CT molecular complexity index is 1600. The highest BCUT2D eigenvalue weighted by Crippen LogP contribution is 2.23. The van der Waals surface area contributed by atoms with Crippen LogP contribution in [0.3, 0.4) is 0 Å². The van der Waals surface area contributed by atoms with Crippen molar-refractivity contribution in [3.63, 3.8) is 0 Å². The molecule has 0 atom stereocenters. The molecule has 8 nitrogen and oxygen atoms in total. The Kier molecular flexibility index (Phi) is 8.21. The lowest BCUT2D eigenvalue weighted by Crippen LogP contribution is -2.26. The lowest BCUT2D eigenvalue weighted by atomic mass is 10.1. The fourth-order valence-electron chi connectivity index (χ4n) is 3.68. The molecule has 0 fully saturated rings. The van der Waals surface area contributed by atoms with Crippen molar-refractivity contribution in [2.75, 3.05) is 16.7 Å². The molecule has 0 radical (unpaired) electrons. The predicted octanol–water partition coefficient (Wildman–Crippen LogP) is 5.23. The van der Waals surface area contributed by atoms with Crippen molar-refractivity contribution in [2.24, 2.45) is 5.10 Å². The maximum absolute atomic E-state index is 12.9. The van der Waals surface area contributed by atoms with E-state index < -0.39 is 15.9 Å². The third-order valence-electron chi connectivity index (χ3n) is 6.09. The highest BCUT2D eigenvalue weighted by molar-refractivity contribution is 7.92. The first-order chi connectivity index (χ1) is 18.6. The molecule has 0 heterocycles. The van der Waals surface area contributed by atoms with Gasteiger partial charge in [0.1, 0.15) is 0 Å². The molecule has 4 aromatic carbocycles. The van der Waals surface area contributed by atoms with Crippen LogP contribution in [0.4, 0.5) is 11.4 Å². The number of hydrogen-bond acceptors (Lipinski definition) is 5. The van der Waals surface area contributed by atoms with Crippen LogP contribution >= 0.6 is 0 Å². The highest BCUT2D eigenvalue weighted by Gasteiger charge is 2.21. The van der Waals surface area contributed by atoms with Crippen LogP contribution in [0.25, 0.3) is 0 Å². The summed E-state index contributed by atoms with van der Waals surface area (Å²) in [6.07, 6.45) is 0. The minimum absolute atomic E-state index is 0.189. The number of carbonyl (C=O) groups is 2. The van der Waals surface area contributed by atoms with Crippen LogP contribution < -0.4 is 15.0 Å². The van der Waals surface area contributed by atoms with Crippen molar-refractivity contribution in [3.05, 3.63) is 125 Å². The van der Waals surface area contributed by atoms with E-state index in [0.717, 1.165) is 11.1 Å². The number of carbonyl (C=O) groups excluding carboxylic acids is 2. The van der Waals surface area contributed by atoms with E-state index in [2.05, 4.69) is 15.8 Å². The summed E-state index contributed by atoms with van der Waals surface area (Å²) in [4.78, 5) is 25.1. The third-order valence-corrected chi connectivity index (χ3v) is 7.89. The van der Waals surface area contributed by atoms with Crippen molar-refractivity contribution in [1.29, 1.82) is 0 Å². The molecule has 2 amide bonds. The first-order valence-corrected chi connectivity index (χ1v) is 13.6. The Morgan fingerprint density at radius 2 is 1.28 bits per heavy atom. The largest absolute Gasteiger partial charge is 0.322 e. The van der Waals surface area contributed by atoms with Gasteiger partial charge in [-0.3, -0.25) is 13.9 Å². The Morgan fingerprint density at radius 1 is 0.718 bits per heavy atom. The average molecular weight is 541 g/mol. The van der Waals surface area contributed by atoms with E-state index in [1.165, 1.54) is 11.4 Å². The van der Waals surface area contributed by atoms with Crippen LogP contribution in [0.1, 0.15) is 38.8 Å². The summed E-state index contributed by atoms with van der Waals surface area (Å²) in [6.45, 7) is 3.64. The van der Waals surface area contributed by atoms with E-state index in [4.69, 9.17) is 0 Å². The van der Waals surface area contributed by atoms with Crippen LogP contribution in [0.2, 0.25) is 0 Å². The lowest BCUT2D eigenvalue weighted by Gasteiger charge is -2.19. The molecule has 4 rings (SSSR count). The van der Waals surface area contributed by atoms with Gasteiger partial charge in [-0.25, -0.2) is 13.8 Å². The van der Waals surface area contributed by atoms with Gasteiger partial charge in [0.15, 0.2) is 0 Å². The molecule has 0 unspecified atom stereocenters. The lowest BCUT2D eigenvalue weighted by molar-refractivity contribution is 0.0954. The van der Waals surface area contributed by atoms with Crippen LogP contribution in [0.5, 0.6) is 0 Å². The molecule has 9 heteroatoms. The standard InChI is InChI=1S/C30H28N4O4S/c1-21-9-19-28(20-10-21)39(37,38)34(3)27-17-13-25(14-18-27)30(36)33-32-22(2)23-11-15-26(16-12-23)31-29(35)24-7-5-4-6-8-24/h4-20H,1-3H3,(H,31,35)(H,33,36)/b32-22-. The molecule has 0 saturated heterocycles. The van der Waals surface area contributed by atoms with E-state index in [9.17, 15) is 18.0 Å². The minimum Gasteiger partial charge on any atom is -0.322 e. The van der Waals surface area contributed by atoms with Gasteiger partial charge in [0.25, 0.3) is 21.8 Å². The quantitative estimate of drug-likeness (QED) is 0.236. The van der Waals surface area contributed by atoms with Crippen LogP contribution in [-0.2, 0) is 10.0 Å². The number of hydrazone groups is 1. The molecule has 198 valence electrons. The number of aryl methyl sites for hydroxylation is 1. The van der Waals surface area contributed by atoms with E-state index in [1.807, 2.05) is 13.0 Å². The Hall–Kier alpha value is -4.76. The first kappa shape index (κ1) is 27.3. The third kappa shape index (κ3) is 6.58. The van der Waals surface area contributed by atoms with Crippen molar-refractivity contribution >= 4 is 38.9 Å². The number of sulfonamides is 1. The topological polar surface area (TPSA) is 108 Å². The molecular formula is C30H28N4O4S. The van der Waals surface area contributed by atoms with Crippen molar-refractivity contribution in [2.45, 2.75) is 18.7 Å². The number of nitrogens with one attached hydrogen (secondary N) is 2. The van der Waals surface area contributed by atoms with Gasteiger partial charge in [-0.15, -0.1) is 0 Å². The van der Waals surface area contributed by atoms with Gasteiger partial charge in [0, 0.05) is 23.9 Å². The van der Waals surface area contributed by atoms with Crippen LogP contribution in [-0.4, -0.2) is 33.0 Å². The van der Waals surface area contributed by atoms with E-state index in [1.54, 1.807) is 104 Å². The zero-order chi connectivity index (χ0) is 28.0. The molecule has 0 bridgehead atoms. The van der Waals surface area contributed by atoms with Gasteiger partial charge in [-0.05, 0) is 80.1 Å². The molecule has 0 aliphatic heterocycles. The number of hydrogen-bond donors (Lipinski definition) is 2. The van der Waals surface area contributed by atoms with E-state index in [0.29, 0.717) is 28.2 Å². The zero-order valence-electron chi connectivity index (χ0n) is 21.8. The summed E-state index contributed by atoms with van der Waals surface area (Å²) >= 11 is 0. The zero-order valence-corrected chi connectivity index (χ0v) is 22.6. The molecule has 0 aliphatic carbocycles. The summed E-state index contributed by atoms with van der Waals surface area (Å²) in [6, 6.07) is 28.9. The Labute approximate surface area is 228 Å². The normalized spacial score (nSPS) is 11.5. The first-order valence-electron chi connectivity index (χ1n) is 12.1. The van der Waals surface area contributed by atoms with Gasteiger partial charge in [-0.2, -0.15) is 5.10 Å². The summed E-state index contributed by atoms with van der Waals surface area (Å²) in [5, 5.41) is 7.02. The molecule has 0 aliphatic rings. The van der Waals surface area contributed by atoms with Gasteiger partial charge >= 0.3 is 0 Å². The molecule has 0 aromatic heterocycles. The number of rotatable bonds is 8. The Balaban J connectivity index is 1.37. The van der Waals surface area contributed by atoms with Crippen LogP contribution in [0, 0.1) is 6.92 Å². The van der Waals surface area contributed by atoms with Gasteiger partial charge in [0.05, 0.1) is 16.3 Å². The summed E-state index contributed by atoms with van der Waals surface area (Å²) in [7, 11) is -2.26. The second kappa shape index (κ2) is 11.7. The van der Waals surface area contributed by atoms with Gasteiger partial charge in [-0.1, -0.05) is 48.0 Å². The summed E-state index contributed by atoms with van der Waals surface area (Å²) in [5.74, 6) is -0.636. The van der Waals surface area contributed by atoms with Crippen molar-refractivity contribution < 1.29 is 18.0 Å². The van der Waals surface area contributed by atoms with Gasteiger partial charge in [0.2, 0.25) is 0 Å². The second-order valence-electron chi connectivity index (χ2n) is 8.87. The summed E-state index contributed by atoms with van der Waals surface area (Å²) < 4.78 is 27.0. The smallest absolute Gasteiger partial charge is 0.271 e. The van der Waals surface area contributed by atoms with E-state index >= 15 is 0 Å². The fraction of sp³-hybridized carbons (Fsp3) is 0.100. The molecular weight excluding hydrogens is 512 g/mol. The number of amides is 2. The molecule has 4 aromatic rings. The monoisotopic (exact) mass is 540 g/mol. The minimum atomic E-state index is -3.73. The predicted molar refractivity (Wildman–Crippen MR) is 154 cm³/mol. The maximum atomic E-state index is 12.9. The van der Waals surface area contributed by atoms with Crippen LogP contribution in [0.15, 0.2) is 113 Å². The molecule has 39 heavy (non-hydrogen) atoms. The molecule has 0 spiro atoms. The van der Waals surface area contributed by atoms with Crippen molar-refractivity contribution in [1.82, 2.24) is 5.43 Å². The number of benzene rings is 4. The average Bonchev–Trinajstić information content (AvgIpc) is 2.96. The highest BCUT2D eigenvalue weighted by atomic mass is 32.2. The Morgan fingerprint density at radius 3 is 1.90 bits per heavy atom. The number of anilines is 2. The van der Waals surface area contributed by atoms with E-state index in [-0.39, 0.29) is 10.8 Å². The second-order valence-corrected chi connectivity index (χ2v) is 10.8. The molecule has 0 saturated carbocycles. The van der Waals surface area contributed by atoms with Crippen molar-refractivity contribution in [3.8, 4) is 0 Å². The van der Waals surface area contributed by atoms with Gasteiger partial charge < -0.3 is 5.32 Å².